The van der Waals surface area contributed by atoms with Gasteiger partial charge in [-0.05, 0) is 80.0 Å². The maximum absolute atomic E-state index is 13.3. The van der Waals surface area contributed by atoms with Gasteiger partial charge in [0.15, 0.2) is 0 Å². The van der Waals surface area contributed by atoms with Gasteiger partial charge in [0, 0.05) is 35.2 Å². The number of halogens is 2. The summed E-state index contributed by atoms with van der Waals surface area (Å²) in [6.07, 6.45) is 4.89. The Labute approximate surface area is 199 Å². The molecule has 1 spiro atoms. The number of piperidine rings is 1. The molecule has 1 aliphatic heterocycles. The Kier molecular flexibility index (Phi) is 5.08. The van der Waals surface area contributed by atoms with Gasteiger partial charge in [-0.25, -0.2) is 4.79 Å². The fraction of sp³-hybridized carbons (Fsp3) is 0.370. The summed E-state index contributed by atoms with van der Waals surface area (Å²) < 4.78 is 46.9. The van der Waals surface area contributed by atoms with Gasteiger partial charge in [-0.1, -0.05) is 24.2 Å². The van der Waals surface area contributed by atoms with E-state index in [9.17, 15) is 18.7 Å². The lowest BCUT2D eigenvalue weighted by atomic mass is 9.59. The molecule has 1 atom stereocenters. The number of rotatable bonds is 6. The molecule has 0 bridgehead atoms. The number of likely N-dealkylation sites (tertiary alicyclic amines) is 1. The summed E-state index contributed by atoms with van der Waals surface area (Å²) in [4.78, 5) is 16.8. The molecule has 1 saturated carbocycles. The van der Waals surface area contributed by atoms with E-state index in [4.69, 9.17) is 7.48 Å². The molecule has 2 heterocycles. The molecule has 2 N–H and O–H groups in total. The zero-order valence-electron chi connectivity index (χ0n) is 20.9. The van der Waals surface area contributed by atoms with Crippen LogP contribution in [-0.2, 0) is 6.54 Å². The molecule has 34 heavy (non-hydrogen) atoms. The lowest BCUT2D eigenvalue weighted by molar-refractivity contribution is -0.0512. The van der Waals surface area contributed by atoms with Crippen LogP contribution in [0.4, 0.5) is 8.78 Å². The van der Waals surface area contributed by atoms with Crippen molar-refractivity contribution in [2.45, 2.75) is 51.8 Å². The largest absolute Gasteiger partial charge is 0.478 e. The zero-order valence-corrected chi connectivity index (χ0v) is 18.9. The van der Waals surface area contributed by atoms with Crippen molar-refractivity contribution >= 4 is 16.9 Å². The highest BCUT2D eigenvalue weighted by molar-refractivity contribution is 5.88. The molecule has 1 aromatic heterocycles. The average molecular weight is 469 g/mol. The number of hydrogen-bond acceptors (Lipinski definition) is 3. The van der Waals surface area contributed by atoms with Crippen molar-refractivity contribution < 1.29 is 26.2 Å². The van der Waals surface area contributed by atoms with Gasteiger partial charge >= 0.3 is 12.6 Å². The smallest absolute Gasteiger partial charge is 0.387 e. The molecule has 178 valence electrons. The molecule has 0 radical (unpaired) electrons. The van der Waals surface area contributed by atoms with Crippen LogP contribution in [0.15, 0.2) is 54.7 Å². The third kappa shape index (κ3) is 4.09. The van der Waals surface area contributed by atoms with Crippen LogP contribution in [-0.4, -0.2) is 34.1 Å². The summed E-state index contributed by atoms with van der Waals surface area (Å²) in [5.74, 6) is -0.828. The van der Waals surface area contributed by atoms with Crippen molar-refractivity contribution in [3.63, 3.8) is 0 Å². The van der Waals surface area contributed by atoms with Gasteiger partial charge in [-0.3, -0.25) is 4.90 Å². The number of alkyl halides is 2. The van der Waals surface area contributed by atoms with Crippen molar-refractivity contribution in [1.82, 2.24) is 9.88 Å². The van der Waals surface area contributed by atoms with Crippen molar-refractivity contribution in [2.24, 2.45) is 5.41 Å². The first-order chi connectivity index (χ1) is 17.2. The summed E-state index contributed by atoms with van der Waals surface area (Å²) in [6, 6.07) is 10.3. The van der Waals surface area contributed by atoms with Gasteiger partial charge in [0.25, 0.3) is 0 Å². The van der Waals surface area contributed by atoms with Gasteiger partial charge in [-0.2, -0.15) is 8.78 Å². The minimum Gasteiger partial charge on any atom is -0.478 e. The van der Waals surface area contributed by atoms with Crippen LogP contribution in [0.25, 0.3) is 10.9 Å². The number of H-pyrrole nitrogens is 1. The maximum Gasteiger partial charge on any atom is 0.387 e. The third-order valence-electron chi connectivity index (χ3n) is 7.40. The summed E-state index contributed by atoms with van der Waals surface area (Å²) in [7, 11) is 0. The number of benzene rings is 2. The van der Waals surface area contributed by atoms with Crippen molar-refractivity contribution in [2.75, 3.05) is 6.54 Å². The Bertz CT molecular complexity index is 1320. The lowest BCUT2D eigenvalue weighted by Gasteiger charge is -2.53. The number of aromatic amines is 1. The van der Waals surface area contributed by atoms with Crippen LogP contribution in [0.5, 0.6) is 5.75 Å². The predicted molar refractivity (Wildman–Crippen MR) is 126 cm³/mol. The molecule has 0 amide bonds. The van der Waals surface area contributed by atoms with Crippen molar-refractivity contribution in [1.29, 1.82) is 0 Å². The summed E-state index contributed by atoms with van der Waals surface area (Å²) >= 11 is 0. The Balaban J connectivity index is 1.51. The maximum atomic E-state index is 13.3. The highest BCUT2D eigenvalue weighted by Crippen LogP contribution is 2.56. The van der Waals surface area contributed by atoms with E-state index >= 15 is 0 Å². The van der Waals surface area contributed by atoms with Crippen LogP contribution in [0.2, 0.25) is 0 Å². The first-order valence-corrected chi connectivity index (χ1v) is 11.4. The quantitative estimate of drug-likeness (QED) is 0.408. The predicted octanol–water partition coefficient (Wildman–Crippen LogP) is 6.45. The summed E-state index contributed by atoms with van der Waals surface area (Å²) in [5.41, 5.74) is 4.42. The standard InChI is InChI=1S/C27H28F2N2O3/c1-16-12-27(13-16)8-10-31(22(14-27)18-3-5-19(6-4-18)25(32)33)15-21-20-7-9-30-24(20)17(2)11-23(21)34-26(28)29/h3-7,9,11,22,26,30H,1,8,10,12-15H2,2H3,(H,32,33)/t22-/m0/s1/i1D2. The monoisotopic (exact) mass is 468 g/mol. The molecule has 1 saturated heterocycles. The topological polar surface area (TPSA) is 65.6 Å². The molecule has 3 aromatic rings. The van der Waals surface area contributed by atoms with Gasteiger partial charge < -0.3 is 14.8 Å². The van der Waals surface area contributed by atoms with E-state index in [1.54, 1.807) is 24.4 Å². The van der Waals surface area contributed by atoms with Crippen LogP contribution in [0, 0.1) is 12.3 Å². The second-order valence-electron chi connectivity index (χ2n) is 9.64. The normalized spacial score (nSPS) is 20.8. The second kappa shape index (κ2) is 8.55. The zero-order chi connectivity index (χ0) is 25.6. The van der Waals surface area contributed by atoms with E-state index in [0.29, 0.717) is 18.7 Å². The molecule has 1 aliphatic carbocycles. The summed E-state index contributed by atoms with van der Waals surface area (Å²) in [6.45, 7) is -0.0882. The highest BCUT2D eigenvalue weighted by Gasteiger charge is 2.46. The number of aromatic carboxylic acids is 1. The fourth-order valence-corrected chi connectivity index (χ4v) is 5.72. The second-order valence-corrected chi connectivity index (χ2v) is 9.64. The first kappa shape index (κ1) is 20.2. The molecular weight excluding hydrogens is 438 g/mol. The Morgan fingerprint density at radius 2 is 2.12 bits per heavy atom. The third-order valence-corrected chi connectivity index (χ3v) is 7.40. The minimum atomic E-state index is -2.94. The van der Waals surface area contributed by atoms with Crippen molar-refractivity contribution in [3.8, 4) is 5.75 Å². The molecule has 2 aliphatic rings. The number of fused-ring (bicyclic) bond motifs is 1. The van der Waals surface area contributed by atoms with Crippen molar-refractivity contribution in [3.05, 3.63) is 77.0 Å². The number of ether oxygens (including phenoxy) is 1. The molecular formula is C27H28F2N2O3. The van der Waals surface area contributed by atoms with Crippen LogP contribution >= 0.6 is 0 Å². The van der Waals surface area contributed by atoms with Crippen LogP contribution in [0.1, 0.15) is 61.5 Å². The van der Waals surface area contributed by atoms with Crippen LogP contribution in [0.3, 0.4) is 0 Å². The Morgan fingerprint density at radius 1 is 1.35 bits per heavy atom. The fourth-order valence-electron chi connectivity index (χ4n) is 5.72. The lowest BCUT2D eigenvalue weighted by Crippen LogP contribution is -2.45. The van der Waals surface area contributed by atoms with E-state index in [1.165, 1.54) is 0 Å². The van der Waals surface area contributed by atoms with E-state index in [2.05, 4.69) is 9.88 Å². The molecule has 5 nitrogen and oxygen atoms in total. The number of carboxylic acids is 1. The number of carboxylic acid groups (broad SMARTS) is 1. The molecule has 0 unspecified atom stereocenters. The van der Waals surface area contributed by atoms with E-state index in [-0.39, 0.29) is 29.3 Å². The number of aryl methyl sites for hydroxylation is 1. The number of carbonyl (C=O) groups is 1. The van der Waals surface area contributed by atoms with E-state index in [0.717, 1.165) is 53.3 Å². The molecule has 2 fully saturated rings. The number of hydrogen-bond donors (Lipinski definition) is 2. The molecule has 5 rings (SSSR count). The number of nitrogens with one attached hydrogen (secondary N) is 1. The Morgan fingerprint density at radius 3 is 2.79 bits per heavy atom. The highest BCUT2D eigenvalue weighted by atomic mass is 19.3. The number of aromatic nitrogens is 1. The number of nitrogens with zero attached hydrogens (tertiary/aromatic N) is 1. The van der Waals surface area contributed by atoms with E-state index in [1.807, 2.05) is 25.1 Å². The van der Waals surface area contributed by atoms with E-state index < -0.39 is 12.6 Å². The summed E-state index contributed by atoms with van der Waals surface area (Å²) in [5, 5.41) is 10.2. The molecule has 7 heteroatoms. The minimum absolute atomic E-state index is 0.00565. The Hall–Kier alpha value is -3.19. The number of allylic oxidation sites excluding steroid dienone is 1. The van der Waals surface area contributed by atoms with Crippen LogP contribution < -0.4 is 4.74 Å². The van der Waals surface area contributed by atoms with Gasteiger partial charge in [0.2, 0.25) is 0 Å². The van der Waals surface area contributed by atoms with Gasteiger partial charge in [0.1, 0.15) is 5.75 Å². The van der Waals surface area contributed by atoms with Gasteiger partial charge in [0.05, 0.1) is 8.30 Å². The first-order valence-electron chi connectivity index (χ1n) is 12.4. The SMILES string of the molecule is [2H]C([2H])=C1CC2(CCN(Cc3c(OC(F)F)cc(C)c4[nH]ccc34)[C@H](c3ccc(C(=O)O)cc3)C2)C1. The van der Waals surface area contributed by atoms with Gasteiger partial charge in [-0.15, -0.1) is 0 Å². The average Bonchev–Trinajstić information content (AvgIpc) is 3.30. The molecule has 2 aromatic carbocycles.